The van der Waals surface area contributed by atoms with E-state index in [4.69, 9.17) is 4.98 Å². The zero-order valence-corrected chi connectivity index (χ0v) is 10.6. The van der Waals surface area contributed by atoms with Crippen LogP contribution in [0.25, 0.3) is 32.8 Å². The van der Waals surface area contributed by atoms with Crippen molar-refractivity contribution in [1.29, 1.82) is 0 Å². The molecule has 0 radical (unpaired) electrons. The van der Waals surface area contributed by atoms with Crippen LogP contribution in [0.5, 0.6) is 0 Å². The lowest BCUT2D eigenvalue weighted by Gasteiger charge is -2.05. The van der Waals surface area contributed by atoms with Crippen molar-refractivity contribution in [2.24, 2.45) is 0 Å². The first kappa shape index (κ1) is 10.4. The highest BCUT2D eigenvalue weighted by Gasteiger charge is 2.04. The van der Waals surface area contributed by atoms with Gasteiger partial charge in [-0.05, 0) is 30.7 Å². The summed E-state index contributed by atoms with van der Waals surface area (Å²) >= 11 is 0. The third kappa shape index (κ3) is 1.57. The molecule has 2 aromatic heterocycles. The zero-order valence-electron chi connectivity index (χ0n) is 10.6. The van der Waals surface area contributed by atoms with Crippen LogP contribution < -0.4 is 0 Å². The largest absolute Gasteiger partial charge is 0.228 e. The average molecular weight is 244 g/mol. The number of rotatable bonds is 0. The summed E-state index contributed by atoms with van der Waals surface area (Å²) in [5, 5.41) is 3.42. The summed E-state index contributed by atoms with van der Waals surface area (Å²) in [6.45, 7) is 2.09. The fraction of sp³-hybridized carbons (Fsp3) is 0.0588. The maximum absolute atomic E-state index is 4.72. The van der Waals surface area contributed by atoms with E-state index in [0.29, 0.717) is 0 Å². The number of pyridine rings is 2. The first-order valence-corrected chi connectivity index (χ1v) is 6.37. The summed E-state index contributed by atoms with van der Waals surface area (Å²) in [7, 11) is 0. The fourth-order valence-electron chi connectivity index (χ4n) is 2.54. The fourth-order valence-corrected chi connectivity index (χ4v) is 2.54. The molecule has 0 N–H and O–H groups in total. The number of benzene rings is 2. The van der Waals surface area contributed by atoms with Crippen molar-refractivity contribution in [3.05, 3.63) is 60.2 Å². The Bertz CT molecular complexity index is 926. The molecule has 0 saturated heterocycles. The molecule has 0 fully saturated rings. The van der Waals surface area contributed by atoms with Gasteiger partial charge in [-0.2, -0.15) is 0 Å². The van der Waals surface area contributed by atoms with E-state index >= 15 is 0 Å². The van der Waals surface area contributed by atoms with Gasteiger partial charge < -0.3 is 0 Å². The maximum atomic E-state index is 4.72. The van der Waals surface area contributed by atoms with Gasteiger partial charge in [-0.25, -0.2) is 9.97 Å². The molecule has 2 aromatic carbocycles. The molecule has 0 atom stereocenters. The number of fused-ring (bicyclic) bond motifs is 3. The van der Waals surface area contributed by atoms with E-state index in [-0.39, 0.29) is 0 Å². The molecule has 0 bridgehead atoms. The van der Waals surface area contributed by atoms with Crippen molar-refractivity contribution >= 4 is 32.8 Å². The Balaban J connectivity index is 2.20. The van der Waals surface area contributed by atoms with Crippen molar-refractivity contribution in [1.82, 2.24) is 9.97 Å². The lowest BCUT2D eigenvalue weighted by Crippen LogP contribution is -1.89. The monoisotopic (exact) mass is 244 g/mol. The molecule has 4 rings (SSSR count). The first-order valence-electron chi connectivity index (χ1n) is 6.37. The Labute approximate surface area is 110 Å². The van der Waals surface area contributed by atoms with Gasteiger partial charge in [0.05, 0.1) is 11.0 Å². The molecule has 0 saturated carbocycles. The molecule has 0 aliphatic carbocycles. The Hall–Kier alpha value is -2.48. The van der Waals surface area contributed by atoms with Crippen LogP contribution in [0, 0.1) is 6.92 Å². The topological polar surface area (TPSA) is 25.8 Å². The van der Waals surface area contributed by atoms with Crippen LogP contribution >= 0.6 is 0 Å². The van der Waals surface area contributed by atoms with Crippen LogP contribution in [0.2, 0.25) is 0 Å². The molecule has 0 aliphatic heterocycles. The maximum Gasteiger partial charge on any atom is 0.160 e. The molecule has 2 heteroatoms. The van der Waals surface area contributed by atoms with Gasteiger partial charge in [0, 0.05) is 16.2 Å². The minimum Gasteiger partial charge on any atom is -0.228 e. The Morgan fingerprint density at radius 3 is 2.47 bits per heavy atom. The smallest absolute Gasteiger partial charge is 0.160 e. The first-order chi connectivity index (χ1) is 9.31. The number of para-hydroxylation sites is 2. The number of hydrogen-bond acceptors (Lipinski definition) is 2. The average Bonchev–Trinajstić information content (AvgIpc) is 2.44. The molecule has 0 spiro atoms. The van der Waals surface area contributed by atoms with E-state index in [1.165, 1.54) is 10.9 Å². The standard InChI is InChI=1S/C17H12N2/c1-11-5-4-7-13-10-14-9-12-6-2-3-8-15(12)18-17(14)19-16(11)13/h2-10H,1H3. The number of hydrogen-bond donors (Lipinski definition) is 0. The van der Waals surface area contributed by atoms with E-state index < -0.39 is 0 Å². The lowest BCUT2D eigenvalue weighted by molar-refractivity contribution is 1.35. The predicted molar refractivity (Wildman–Crippen MR) is 79.3 cm³/mol. The van der Waals surface area contributed by atoms with Gasteiger partial charge in [0.15, 0.2) is 5.65 Å². The summed E-state index contributed by atoms with van der Waals surface area (Å²) in [6.07, 6.45) is 0. The van der Waals surface area contributed by atoms with Crippen LogP contribution in [0.15, 0.2) is 54.6 Å². The third-order valence-electron chi connectivity index (χ3n) is 3.53. The molecule has 0 amide bonds. The van der Waals surface area contributed by atoms with Crippen molar-refractivity contribution in [2.45, 2.75) is 6.92 Å². The van der Waals surface area contributed by atoms with Crippen molar-refractivity contribution in [2.75, 3.05) is 0 Å². The summed E-state index contributed by atoms with van der Waals surface area (Å²) in [6, 6.07) is 18.7. The zero-order chi connectivity index (χ0) is 12.8. The molecule has 4 aromatic rings. The van der Waals surface area contributed by atoms with Crippen LogP contribution in [-0.4, -0.2) is 9.97 Å². The van der Waals surface area contributed by atoms with E-state index in [2.05, 4.69) is 48.3 Å². The Morgan fingerprint density at radius 1 is 0.737 bits per heavy atom. The second-order valence-electron chi connectivity index (χ2n) is 4.86. The van der Waals surface area contributed by atoms with Crippen molar-refractivity contribution in [3.8, 4) is 0 Å². The minimum atomic E-state index is 0.820. The number of aryl methyl sites for hydroxylation is 1. The molecule has 2 nitrogen and oxygen atoms in total. The molecule has 0 aliphatic rings. The minimum absolute atomic E-state index is 0.820. The normalized spacial score (nSPS) is 11.4. The van der Waals surface area contributed by atoms with Gasteiger partial charge >= 0.3 is 0 Å². The number of aromatic nitrogens is 2. The highest BCUT2D eigenvalue weighted by atomic mass is 14.8. The molecular formula is C17H12N2. The molecule has 2 heterocycles. The van der Waals surface area contributed by atoms with Gasteiger partial charge in [-0.15, -0.1) is 0 Å². The molecular weight excluding hydrogens is 232 g/mol. The summed E-state index contributed by atoms with van der Waals surface area (Å²) in [5.41, 5.74) is 4.04. The second kappa shape index (κ2) is 3.75. The summed E-state index contributed by atoms with van der Waals surface area (Å²) in [4.78, 5) is 9.37. The van der Waals surface area contributed by atoms with Crippen molar-refractivity contribution < 1.29 is 0 Å². The summed E-state index contributed by atoms with van der Waals surface area (Å²) < 4.78 is 0. The highest BCUT2D eigenvalue weighted by molar-refractivity contribution is 5.97. The van der Waals surface area contributed by atoms with E-state index in [9.17, 15) is 0 Å². The highest BCUT2D eigenvalue weighted by Crippen LogP contribution is 2.23. The van der Waals surface area contributed by atoms with E-state index in [1.807, 2.05) is 18.2 Å². The molecule has 0 unspecified atom stereocenters. The predicted octanol–water partition coefficient (Wildman–Crippen LogP) is 4.24. The Morgan fingerprint density at radius 2 is 1.53 bits per heavy atom. The van der Waals surface area contributed by atoms with Crippen LogP contribution in [-0.2, 0) is 0 Å². The van der Waals surface area contributed by atoms with Crippen LogP contribution in [0.1, 0.15) is 5.56 Å². The van der Waals surface area contributed by atoms with Gasteiger partial charge in [-0.3, -0.25) is 0 Å². The quantitative estimate of drug-likeness (QED) is 0.432. The van der Waals surface area contributed by atoms with Crippen LogP contribution in [0.3, 0.4) is 0 Å². The Kier molecular flexibility index (Phi) is 2.06. The van der Waals surface area contributed by atoms with Crippen LogP contribution in [0.4, 0.5) is 0 Å². The van der Waals surface area contributed by atoms with Gasteiger partial charge in [0.2, 0.25) is 0 Å². The molecule has 19 heavy (non-hydrogen) atoms. The van der Waals surface area contributed by atoms with E-state index in [1.54, 1.807) is 0 Å². The van der Waals surface area contributed by atoms with Gasteiger partial charge in [-0.1, -0.05) is 36.4 Å². The molecule has 90 valence electrons. The number of nitrogens with zero attached hydrogens (tertiary/aromatic N) is 2. The second-order valence-corrected chi connectivity index (χ2v) is 4.86. The third-order valence-corrected chi connectivity index (χ3v) is 3.53. The van der Waals surface area contributed by atoms with E-state index in [0.717, 1.165) is 27.5 Å². The lowest BCUT2D eigenvalue weighted by atomic mass is 10.1. The van der Waals surface area contributed by atoms with Crippen molar-refractivity contribution in [3.63, 3.8) is 0 Å². The summed E-state index contributed by atoms with van der Waals surface area (Å²) in [5.74, 6) is 0. The van der Waals surface area contributed by atoms with Gasteiger partial charge in [0.1, 0.15) is 0 Å². The SMILES string of the molecule is Cc1cccc2cc3cc4ccccc4nc3nc12. The van der Waals surface area contributed by atoms with Gasteiger partial charge in [0.25, 0.3) is 0 Å².